The number of pyridine rings is 1. The van der Waals surface area contributed by atoms with Crippen molar-refractivity contribution in [1.29, 1.82) is 0 Å². The molecular weight excluding hydrogens is 300 g/mol. The molecule has 1 heterocycles. The van der Waals surface area contributed by atoms with Crippen molar-refractivity contribution in [3.63, 3.8) is 0 Å². The molecule has 4 nitrogen and oxygen atoms in total. The van der Waals surface area contributed by atoms with Gasteiger partial charge in [-0.25, -0.2) is 0 Å². The van der Waals surface area contributed by atoms with Gasteiger partial charge in [-0.2, -0.15) is 0 Å². The van der Waals surface area contributed by atoms with E-state index >= 15 is 0 Å². The number of amides is 1. The number of carbonyl (C=O) groups excluding carboxylic acids is 1. The second-order valence-corrected chi connectivity index (χ2v) is 5.47. The Bertz CT molecular complexity index is 765. The van der Waals surface area contributed by atoms with Gasteiger partial charge >= 0.3 is 0 Å². The molecule has 0 radical (unpaired) electrons. The molecule has 2 N–H and O–H groups in total. The summed E-state index contributed by atoms with van der Waals surface area (Å²) in [5, 5.41) is 12.8. The van der Waals surface area contributed by atoms with Crippen LogP contribution in [0.5, 0.6) is 5.75 Å². The summed E-state index contributed by atoms with van der Waals surface area (Å²) < 4.78 is 0. The Morgan fingerprint density at radius 2 is 1.67 bits per heavy atom. The van der Waals surface area contributed by atoms with E-state index in [1.807, 2.05) is 48.5 Å². The van der Waals surface area contributed by atoms with Gasteiger partial charge in [-0.1, -0.05) is 54.6 Å². The Hall–Kier alpha value is -3.14. The zero-order valence-electron chi connectivity index (χ0n) is 13.1. The molecule has 1 atom stereocenters. The molecule has 0 unspecified atom stereocenters. The van der Waals surface area contributed by atoms with Gasteiger partial charge in [0, 0.05) is 11.8 Å². The predicted molar refractivity (Wildman–Crippen MR) is 92.5 cm³/mol. The second-order valence-electron chi connectivity index (χ2n) is 5.47. The van der Waals surface area contributed by atoms with E-state index in [1.54, 1.807) is 30.5 Å². The SMILES string of the molecule is O=C(Cc1ccccc1O)N[C@@H](c1ccccc1)c1ccccn1. The van der Waals surface area contributed by atoms with Gasteiger partial charge in [0.25, 0.3) is 0 Å². The highest BCUT2D eigenvalue weighted by atomic mass is 16.3. The Morgan fingerprint density at radius 1 is 0.958 bits per heavy atom. The van der Waals surface area contributed by atoms with E-state index in [0.717, 1.165) is 11.3 Å². The van der Waals surface area contributed by atoms with E-state index in [2.05, 4.69) is 10.3 Å². The first-order valence-corrected chi connectivity index (χ1v) is 7.76. The number of nitrogens with one attached hydrogen (secondary N) is 1. The molecule has 0 fully saturated rings. The normalized spacial score (nSPS) is 11.7. The zero-order valence-corrected chi connectivity index (χ0v) is 13.1. The van der Waals surface area contributed by atoms with Crippen LogP contribution in [0.25, 0.3) is 0 Å². The maximum Gasteiger partial charge on any atom is 0.225 e. The molecule has 0 saturated carbocycles. The topological polar surface area (TPSA) is 62.2 Å². The summed E-state index contributed by atoms with van der Waals surface area (Å²) in [5.74, 6) is -0.0437. The van der Waals surface area contributed by atoms with Crippen LogP contribution in [-0.2, 0) is 11.2 Å². The fraction of sp³-hybridized carbons (Fsp3) is 0.100. The minimum Gasteiger partial charge on any atom is -0.508 e. The molecule has 0 spiro atoms. The van der Waals surface area contributed by atoms with Crippen LogP contribution in [0.2, 0.25) is 0 Å². The number of aromatic nitrogens is 1. The van der Waals surface area contributed by atoms with Crippen LogP contribution in [-0.4, -0.2) is 16.0 Å². The van der Waals surface area contributed by atoms with Crippen molar-refractivity contribution < 1.29 is 9.90 Å². The van der Waals surface area contributed by atoms with Gasteiger partial charge in [-0.3, -0.25) is 9.78 Å². The molecule has 0 aliphatic heterocycles. The number of hydrogen-bond acceptors (Lipinski definition) is 3. The number of phenols is 1. The van der Waals surface area contributed by atoms with Gasteiger partial charge in [0.2, 0.25) is 5.91 Å². The summed E-state index contributed by atoms with van der Waals surface area (Å²) in [4.78, 5) is 16.8. The summed E-state index contributed by atoms with van der Waals surface area (Å²) in [7, 11) is 0. The van der Waals surface area contributed by atoms with Gasteiger partial charge in [-0.15, -0.1) is 0 Å². The lowest BCUT2D eigenvalue weighted by Crippen LogP contribution is -2.31. The number of phenolic OH excluding ortho intramolecular Hbond substituents is 1. The largest absolute Gasteiger partial charge is 0.508 e. The number of aromatic hydroxyl groups is 1. The summed E-state index contributed by atoms with van der Waals surface area (Å²) in [6, 6.07) is 21.9. The molecule has 2 aromatic carbocycles. The molecule has 0 aliphatic carbocycles. The lowest BCUT2D eigenvalue weighted by Gasteiger charge is -2.19. The first kappa shape index (κ1) is 15.7. The standard InChI is InChI=1S/C20H18N2O2/c23-18-12-5-4-10-16(18)14-19(24)22-20(15-8-2-1-3-9-15)17-11-6-7-13-21-17/h1-13,20,23H,14H2,(H,22,24)/t20-/m0/s1. The van der Waals surface area contributed by atoms with Gasteiger partial charge in [0.15, 0.2) is 0 Å². The second kappa shape index (κ2) is 7.42. The van der Waals surface area contributed by atoms with Crippen molar-refractivity contribution in [1.82, 2.24) is 10.3 Å². The lowest BCUT2D eigenvalue weighted by atomic mass is 10.0. The van der Waals surface area contributed by atoms with Crippen LogP contribution in [0.3, 0.4) is 0 Å². The quantitative estimate of drug-likeness (QED) is 0.759. The van der Waals surface area contributed by atoms with Crippen LogP contribution in [0.4, 0.5) is 0 Å². The number of hydrogen-bond donors (Lipinski definition) is 2. The molecule has 0 saturated heterocycles. The summed E-state index contributed by atoms with van der Waals surface area (Å²) in [6.07, 6.45) is 1.82. The maximum atomic E-state index is 12.5. The van der Waals surface area contributed by atoms with E-state index in [9.17, 15) is 9.90 Å². The highest BCUT2D eigenvalue weighted by molar-refractivity contribution is 5.80. The third-order valence-corrected chi connectivity index (χ3v) is 3.76. The van der Waals surface area contributed by atoms with Crippen molar-refractivity contribution >= 4 is 5.91 Å². The molecular formula is C20H18N2O2. The van der Waals surface area contributed by atoms with Gasteiger partial charge in [-0.05, 0) is 23.8 Å². The van der Waals surface area contributed by atoms with E-state index in [0.29, 0.717) is 5.56 Å². The number of carbonyl (C=O) groups is 1. The van der Waals surface area contributed by atoms with Gasteiger partial charge in [0.05, 0.1) is 18.2 Å². The fourth-order valence-corrected chi connectivity index (χ4v) is 2.57. The molecule has 1 aromatic heterocycles. The number of nitrogens with zero attached hydrogens (tertiary/aromatic N) is 1. The predicted octanol–water partition coefficient (Wildman–Crippen LogP) is 3.24. The van der Waals surface area contributed by atoms with Crippen LogP contribution in [0.1, 0.15) is 22.9 Å². The summed E-state index contributed by atoms with van der Waals surface area (Å²) in [5.41, 5.74) is 2.33. The van der Waals surface area contributed by atoms with Crippen molar-refractivity contribution in [2.24, 2.45) is 0 Å². The smallest absolute Gasteiger partial charge is 0.225 e. The van der Waals surface area contributed by atoms with E-state index < -0.39 is 0 Å². The molecule has 24 heavy (non-hydrogen) atoms. The summed E-state index contributed by atoms with van der Waals surface area (Å²) >= 11 is 0. The zero-order chi connectivity index (χ0) is 16.8. The summed E-state index contributed by atoms with van der Waals surface area (Å²) in [6.45, 7) is 0. The average Bonchev–Trinajstić information content (AvgIpc) is 2.63. The Kier molecular flexibility index (Phi) is 4.87. The molecule has 0 bridgehead atoms. The van der Waals surface area contributed by atoms with Crippen LogP contribution in [0, 0.1) is 0 Å². The van der Waals surface area contributed by atoms with Crippen LogP contribution >= 0.6 is 0 Å². The minimum absolute atomic E-state index is 0.114. The molecule has 4 heteroatoms. The van der Waals surface area contributed by atoms with Crippen molar-refractivity contribution in [3.8, 4) is 5.75 Å². The van der Waals surface area contributed by atoms with E-state index in [4.69, 9.17) is 0 Å². The van der Waals surface area contributed by atoms with Gasteiger partial charge < -0.3 is 10.4 Å². The number of rotatable bonds is 5. The first-order valence-electron chi connectivity index (χ1n) is 7.76. The maximum absolute atomic E-state index is 12.5. The fourth-order valence-electron chi connectivity index (χ4n) is 2.57. The van der Waals surface area contributed by atoms with Crippen molar-refractivity contribution in [2.45, 2.75) is 12.5 Å². The third kappa shape index (κ3) is 3.79. The average molecular weight is 318 g/mol. The number of benzene rings is 2. The first-order chi connectivity index (χ1) is 11.7. The molecule has 3 aromatic rings. The Morgan fingerprint density at radius 3 is 2.38 bits per heavy atom. The highest BCUT2D eigenvalue weighted by Gasteiger charge is 2.18. The van der Waals surface area contributed by atoms with Crippen molar-refractivity contribution in [2.75, 3.05) is 0 Å². The molecule has 3 rings (SSSR count). The molecule has 1 amide bonds. The van der Waals surface area contributed by atoms with E-state index in [-0.39, 0.29) is 24.1 Å². The van der Waals surface area contributed by atoms with Crippen LogP contribution < -0.4 is 5.32 Å². The molecule has 120 valence electrons. The van der Waals surface area contributed by atoms with Gasteiger partial charge in [0.1, 0.15) is 5.75 Å². The Labute approximate surface area is 140 Å². The highest BCUT2D eigenvalue weighted by Crippen LogP contribution is 2.21. The number of para-hydroxylation sites is 1. The Balaban J connectivity index is 1.82. The molecule has 0 aliphatic rings. The van der Waals surface area contributed by atoms with E-state index in [1.165, 1.54) is 0 Å². The van der Waals surface area contributed by atoms with Crippen molar-refractivity contribution in [3.05, 3.63) is 95.8 Å². The minimum atomic E-state index is -0.328. The third-order valence-electron chi connectivity index (χ3n) is 3.76. The van der Waals surface area contributed by atoms with Crippen LogP contribution in [0.15, 0.2) is 79.0 Å². The monoisotopic (exact) mass is 318 g/mol. The lowest BCUT2D eigenvalue weighted by molar-refractivity contribution is -0.121.